The van der Waals surface area contributed by atoms with Gasteiger partial charge in [0.25, 0.3) is 0 Å². The molecule has 2 rings (SSSR count). The normalized spacial score (nSPS) is 17.3. The van der Waals surface area contributed by atoms with E-state index in [1.807, 2.05) is 0 Å². The summed E-state index contributed by atoms with van der Waals surface area (Å²) in [4.78, 5) is 13.6. The van der Waals surface area contributed by atoms with Gasteiger partial charge in [-0.2, -0.15) is 0 Å². The Labute approximate surface area is 110 Å². The third-order valence-corrected chi connectivity index (χ3v) is 3.91. The highest BCUT2D eigenvalue weighted by Gasteiger charge is 2.12. The fourth-order valence-corrected chi connectivity index (χ4v) is 2.36. The summed E-state index contributed by atoms with van der Waals surface area (Å²) in [5, 5.41) is 2.92. The van der Waals surface area contributed by atoms with Crippen molar-refractivity contribution < 1.29 is 4.79 Å². The molecule has 0 bridgehead atoms. The molecule has 0 radical (unpaired) electrons. The zero-order chi connectivity index (χ0) is 12.3. The van der Waals surface area contributed by atoms with Gasteiger partial charge >= 0.3 is 0 Å². The van der Waals surface area contributed by atoms with Crippen molar-refractivity contribution in [3.63, 3.8) is 0 Å². The van der Waals surface area contributed by atoms with Crippen LogP contribution in [-0.2, 0) is 4.79 Å². The number of hydrogen-bond acceptors (Lipinski definition) is 2. The van der Waals surface area contributed by atoms with Crippen molar-refractivity contribution in [2.24, 2.45) is 0 Å². The first-order valence-electron chi connectivity index (χ1n) is 5.94. The molecular weight excluding hydrogens is 280 g/mol. The van der Waals surface area contributed by atoms with Crippen LogP contribution in [0.1, 0.15) is 18.4 Å². The summed E-state index contributed by atoms with van der Waals surface area (Å²) in [6, 6.07) is 6.42. The second-order valence-corrected chi connectivity index (χ2v) is 5.23. The lowest BCUT2D eigenvalue weighted by Crippen LogP contribution is -2.38. The van der Waals surface area contributed by atoms with Crippen molar-refractivity contribution in [3.8, 4) is 0 Å². The molecule has 4 heteroatoms. The number of halogens is 1. The molecule has 0 unspecified atom stereocenters. The number of rotatable bonds is 1. The summed E-state index contributed by atoms with van der Waals surface area (Å²) in [6.45, 7) is 4.63. The van der Waals surface area contributed by atoms with Gasteiger partial charge < -0.3 is 10.2 Å². The lowest BCUT2D eigenvalue weighted by Gasteiger charge is -2.27. The summed E-state index contributed by atoms with van der Waals surface area (Å²) in [5.41, 5.74) is 2.47. The predicted molar refractivity (Wildman–Crippen MR) is 73.3 cm³/mol. The minimum atomic E-state index is 0.176. The second-order valence-electron chi connectivity index (χ2n) is 4.37. The lowest BCUT2D eigenvalue weighted by molar-refractivity contribution is -0.121. The molecule has 0 aliphatic carbocycles. The first-order chi connectivity index (χ1) is 8.16. The molecule has 1 aromatic carbocycles. The molecule has 1 amide bonds. The summed E-state index contributed by atoms with van der Waals surface area (Å²) in [6.07, 6.45) is 1.54. The topological polar surface area (TPSA) is 32.3 Å². The Bertz CT molecular complexity index is 408. The van der Waals surface area contributed by atoms with Gasteiger partial charge in [-0.15, -0.1) is 0 Å². The first kappa shape index (κ1) is 12.4. The standard InChI is InChI=1S/C13H17BrN2O/c1-10-4-5-11(9-12(10)14)16-7-2-3-13(17)15-6-8-16/h4-5,9H,2-3,6-8H2,1H3,(H,15,17). The molecule has 0 spiro atoms. The summed E-state index contributed by atoms with van der Waals surface area (Å²) in [5.74, 6) is 0.176. The molecule has 1 aromatic rings. The van der Waals surface area contributed by atoms with Crippen molar-refractivity contribution in [1.29, 1.82) is 0 Å². The molecule has 1 aliphatic rings. The van der Waals surface area contributed by atoms with Gasteiger partial charge in [-0.3, -0.25) is 4.79 Å². The Morgan fingerprint density at radius 2 is 2.18 bits per heavy atom. The Kier molecular flexibility index (Phi) is 4.05. The molecule has 3 nitrogen and oxygen atoms in total. The van der Waals surface area contributed by atoms with Crippen LogP contribution in [-0.4, -0.2) is 25.5 Å². The van der Waals surface area contributed by atoms with E-state index in [-0.39, 0.29) is 5.91 Å². The highest BCUT2D eigenvalue weighted by atomic mass is 79.9. The third kappa shape index (κ3) is 3.22. The Balaban J connectivity index is 2.09. The second kappa shape index (κ2) is 5.54. The van der Waals surface area contributed by atoms with Gasteiger partial charge in [0, 0.05) is 36.2 Å². The zero-order valence-corrected chi connectivity index (χ0v) is 11.6. The van der Waals surface area contributed by atoms with Gasteiger partial charge in [0.05, 0.1) is 0 Å². The lowest BCUT2D eigenvalue weighted by atomic mass is 10.2. The van der Waals surface area contributed by atoms with Gasteiger partial charge in [0.15, 0.2) is 0 Å². The Morgan fingerprint density at radius 1 is 1.35 bits per heavy atom. The fraction of sp³-hybridized carbons (Fsp3) is 0.462. The maximum atomic E-state index is 11.2. The van der Waals surface area contributed by atoms with Crippen LogP contribution in [0.2, 0.25) is 0 Å². The van der Waals surface area contributed by atoms with E-state index < -0.39 is 0 Å². The molecule has 0 atom stereocenters. The van der Waals surface area contributed by atoms with Gasteiger partial charge in [-0.25, -0.2) is 0 Å². The van der Waals surface area contributed by atoms with Crippen LogP contribution < -0.4 is 10.2 Å². The minimum Gasteiger partial charge on any atom is -0.370 e. The summed E-state index contributed by atoms with van der Waals surface area (Å²) >= 11 is 3.56. The van der Waals surface area contributed by atoms with Gasteiger partial charge in [0.1, 0.15) is 0 Å². The average molecular weight is 297 g/mol. The molecule has 1 heterocycles. The summed E-state index contributed by atoms with van der Waals surface area (Å²) < 4.78 is 1.14. The highest BCUT2D eigenvalue weighted by Crippen LogP contribution is 2.24. The van der Waals surface area contributed by atoms with Crippen LogP contribution in [0.25, 0.3) is 0 Å². The molecular formula is C13H17BrN2O. The molecule has 0 aromatic heterocycles. The Hall–Kier alpha value is -1.03. The van der Waals surface area contributed by atoms with Crippen LogP contribution >= 0.6 is 15.9 Å². The van der Waals surface area contributed by atoms with Crippen molar-refractivity contribution in [1.82, 2.24) is 5.32 Å². The molecule has 92 valence electrons. The van der Waals surface area contributed by atoms with Gasteiger partial charge in [-0.1, -0.05) is 22.0 Å². The minimum absolute atomic E-state index is 0.176. The van der Waals surface area contributed by atoms with E-state index in [0.29, 0.717) is 6.42 Å². The van der Waals surface area contributed by atoms with Gasteiger partial charge in [0.2, 0.25) is 5.91 Å². The number of amides is 1. The van der Waals surface area contributed by atoms with Crippen molar-refractivity contribution in [2.75, 3.05) is 24.5 Å². The quantitative estimate of drug-likeness (QED) is 0.863. The van der Waals surface area contributed by atoms with E-state index in [9.17, 15) is 4.79 Å². The molecule has 17 heavy (non-hydrogen) atoms. The zero-order valence-electron chi connectivity index (χ0n) is 10.0. The molecule has 1 aliphatic heterocycles. The first-order valence-corrected chi connectivity index (χ1v) is 6.74. The van der Waals surface area contributed by atoms with Crippen molar-refractivity contribution in [2.45, 2.75) is 19.8 Å². The van der Waals surface area contributed by atoms with E-state index in [1.54, 1.807) is 0 Å². The van der Waals surface area contributed by atoms with Crippen LogP contribution in [0.15, 0.2) is 22.7 Å². The summed E-state index contributed by atoms with van der Waals surface area (Å²) in [7, 11) is 0. The van der Waals surface area contributed by atoms with E-state index in [2.05, 4.69) is 51.3 Å². The van der Waals surface area contributed by atoms with Crippen LogP contribution in [0, 0.1) is 6.92 Å². The number of carbonyl (C=O) groups is 1. The largest absolute Gasteiger partial charge is 0.370 e. The SMILES string of the molecule is Cc1ccc(N2CCCC(=O)NCC2)cc1Br. The highest BCUT2D eigenvalue weighted by molar-refractivity contribution is 9.10. The number of nitrogens with one attached hydrogen (secondary N) is 1. The van der Waals surface area contributed by atoms with Crippen LogP contribution in [0.4, 0.5) is 5.69 Å². The molecule has 1 N–H and O–H groups in total. The smallest absolute Gasteiger partial charge is 0.220 e. The maximum absolute atomic E-state index is 11.2. The van der Waals surface area contributed by atoms with Crippen molar-refractivity contribution in [3.05, 3.63) is 28.2 Å². The molecule has 1 saturated heterocycles. The molecule has 0 saturated carbocycles. The number of anilines is 1. The van der Waals surface area contributed by atoms with E-state index in [1.165, 1.54) is 11.3 Å². The Morgan fingerprint density at radius 3 is 2.94 bits per heavy atom. The number of carbonyl (C=O) groups excluding carboxylic acids is 1. The molecule has 1 fully saturated rings. The average Bonchev–Trinajstić information content (AvgIpc) is 2.27. The van der Waals surface area contributed by atoms with Gasteiger partial charge in [-0.05, 0) is 31.0 Å². The third-order valence-electron chi connectivity index (χ3n) is 3.06. The van der Waals surface area contributed by atoms with E-state index >= 15 is 0 Å². The van der Waals surface area contributed by atoms with Crippen LogP contribution in [0.3, 0.4) is 0 Å². The monoisotopic (exact) mass is 296 g/mol. The fourth-order valence-electron chi connectivity index (χ4n) is 2.00. The van der Waals surface area contributed by atoms with Crippen molar-refractivity contribution >= 4 is 27.5 Å². The number of nitrogens with zero attached hydrogens (tertiary/aromatic N) is 1. The number of benzene rings is 1. The number of aryl methyl sites for hydroxylation is 1. The van der Waals surface area contributed by atoms with Crippen LogP contribution in [0.5, 0.6) is 0 Å². The maximum Gasteiger partial charge on any atom is 0.220 e. The number of hydrogen-bond donors (Lipinski definition) is 1. The van der Waals surface area contributed by atoms with E-state index in [0.717, 1.165) is 30.5 Å². The predicted octanol–water partition coefficient (Wildman–Crippen LogP) is 2.47. The van der Waals surface area contributed by atoms with E-state index in [4.69, 9.17) is 0 Å².